The number of hydrogen-bond acceptors (Lipinski definition) is 4. The van der Waals surface area contributed by atoms with Crippen LogP contribution in [0.25, 0.3) is 122 Å². The number of rotatable bonds is 6. The van der Waals surface area contributed by atoms with E-state index >= 15 is 0 Å². The number of nitrogens with zero attached hydrogens (tertiary/aromatic N) is 4. The summed E-state index contributed by atoms with van der Waals surface area (Å²) < 4.78 is 0. The minimum Gasteiger partial charge on any atom is -0.208 e. The Kier molecular flexibility index (Phi) is 9.22. The number of fused-ring (bicyclic) bond motifs is 9. The smallest absolute Gasteiger partial charge is 0.164 e. The Balaban J connectivity index is 0.965. The van der Waals surface area contributed by atoms with Gasteiger partial charge in [-0.2, -0.15) is 5.26 Å². The molecule has 0 saturated carbocycles. The molecular formula is C65H42N4. The van der Waals surface area contributed by atoms with Crippen molar-refractivity contribution in [3.8, 4) is 84.7 Å². The Morgan fingerprint density at radius 3 is 1.45 bits per heavy atom. The van der Waals surface area contributed by atoms with Gasteiger partial charge in [0.25, 0.3) is 0 Å². The number of benzene rings is 11. The molecule has 0 unspecified atom stereocenters. The van der Waals surface area contributed by atoms with Gasteiger partial charge in [-0.25, -0.2) is 15.0 Å². The zero-order chi connectivity index (χ0) is 46.2. The van der Waals surface area contributed by atoms with E-state index in [1.165, 1.54) is 76.5 Å². The minimum atomic E-state index is -0.155. The van der Waals surface area contributed by atoms with Gasteiger partial charge in [0.05, 0.1) is 11.6 Å². The summed E-state index contributed by atoms with van der Waals surface area (Å²) in [7, 11) is 0. The Hall–Kier alpha value is -9.04. The highest BCUT2D eigenvalue weighted by Gasteiger charge is 2.35. The van der Waals surface area contributed by atoms with Crippen LogP contribution in [0.2, 0.25) is 0 Å². The molecule has 1 aromatic heterocycles. The van der Waals surface area contributed by atoms with E-state index in [2.05, 4.69) is 196 Å². The maximum atomic E-state index is 9.47. The van der Waals surface area contributed by atoms with Gasteiger partial charge in [-0.1, -0.05) is 196 Å². The lowest BCUT2D eigenvalue weighted by Crippen LogP contribution is -2.15. The molecule has 12 aromatic rings. The number of hydrogen-bond donors (Lipinski definition) is 0. The van der Waals surface area contributed by atoms with Gasteiger partial charge in [-0.3, -0.25) is 0 Å². The van der Waals surface area contributed by atoms with Crippen LogP contribution >= 0.6 is 0 Å². The fourth-order valence-electron chi connectivity index (χ4n) is 10.9. The van der Waals surface area contributed by atoms with Crippen LogP contribution < -0.4 is 0 Å². The van der Waals surface area contributed by atoms with E-state index in [1.807, 2.05) is 42.5 Å². The maximum Gasteiger partial charge on any atom is 0.164 e. The highest BCUT2D eigenvalue weighted by Crippen LogP contribution is 2.50. The fourth-order valence-corrected chi connectivity index (χ4v) is 10.9. The molecule has 0 saturated heterocycles. The summed E-state index contributed by atoms with van der Waals surface area (Å²) in [6.07, 6.45) is 0. The quantitative estimate of drug-likeness (QED) is 0.156. The minimum absolute atomic E-state index is 0.155. The molecular weight excluding hydrogens is 837 g/mol. The van der Waals surface area contributed by atoms with Gasteiger partial charge in [0.2, 0.25) is 0 Å². The van der Waals surface area contributed by atoms with E-state index in [4.69, 9.17) is 15.0 Å². The molecule has 69 heavy (non-hydrogen) atoms. The van der Waals surface area contributed by atoms with Crippen LogP contribution in [0.1, 0.15) is 30.5 Å². The summed E-state index contributed by atoms with van der Waals surface area (Å²) in [5.74, 6) is 1.91. The second-order valence-electron chi connectivity index (χ2n) is 18.6. The van der Waals surface area contributed by atoms with Gasteiger partial charge in [-0.05, 0) is 135 Å². The molecule has 0 aliphatic heterocycles. The van der Waals surface area contributed by atoms with E-state index in [1.54, 1.807) is 0 Å². The Bertz CT molecular complexity index is 4110. The van der Waals surface area contributed by atoms with E-state index in [0.717, 1.165) is 38.9 Å². The van der Waals surface area contributed by atoms with E-state index < -0.39 is 0 Å². The van der Waals surface area contributed by atoms with Crippen LogP contribution in [-0.4, -0.2) is 15.0 Å². The molecule has 0 spiro atoms. The van der Waals surface area contributed by atoms with Crippen LogP contribution in [0.3, 0.4) is 0 Å². The van der Waals surface area contributed by atoms with Gasteiger partial charge >= 0.3 is 0 Å². The highest BCUT2D eigenvalue weighted by atomic mass is 15.0. The van der Waals surface area contributed by atoms with Gasteiger partial charge in [0.1, 0.15) is 0 Å². The summed E-state index contributed by atoms with van der Waals surface area (Å²) in [6.45, 7) is 4.61. The standard InChI is InChI=1S/C65H42N4/c1-65(2)60-26-13-12-25-54(60)55-32-31-45(36-61(55)65)64-68-62(42-15-4-3-5-16-42)67-63(69-64)44-18-14-17-43(35-44)56-37-58-52-24-11-10-23-51(52)57(38-59(58)50-22-9-8-21-49(50)56)53-34-33-46(47-19-6-7-20-48(47)53)41-29-27-40(39-66)28-30-41/h3-38H,1-2H3. The van der Waals surface area contributed by atoms with Crippen molar-refractivity contribution in [2.75, 3.05) is 0 Å². The van der Waals surface area contributed by atoms with Crippen molar-refractivity contribution in [1.82, 2.24) is 15.0 Å². The van der Waals surface area contributed by atoms with Crippen molar-refractivity contribution in [2.45, 2.75) is 19.3 Å². The molecule has 0 radical (unpaired) electrons. The second kappa shape index (κ2) is 15.8. The zero-order valence-electron chi connectivity index (χ0n) is 38.1. The third kappa shape index (κ3) is 6.54. The van der Waals surface area contributed by atoms with Crippen molar-refractivity contribution in [1.29, 1.82) is 5.26 Å². The molecule has 11 aromatic carbocycles. The monoisotopic (exact) mass is 878 g/mol. The lowest BCUT2D eigenvalue weighted by Gasteiger charge is -2.21. The molecule has 4 nitrogen and oxygen atoms in total. The predicted octanol–water partition coefficient (Wildman–Crippen LogP) is 16.7. The lowest BCUT2D eigenvalue weighted by atomic mass is 9.82. The Morgan fingerprint density at radius 1 is 0.304 bits per heavy atom. The topological polar surface area (TPSA) is 62.5 Å². The summed E-state index contributed by atoms with van der Waals surface area (Å²) in [5.41, 5.74) is 15.3. The zero-order valence-corrected chi connectivity index (χ0v) is 38.1. The summed E-state index contributed by atoms with van der Waals surface area (Å²) in [5, 5.41) is 19.0. The molecule has 322 valence electrons. The summed E-state index contributed by atoms with van der Waals surface area (Å²) in [4.78, 5) is 15.6. The van der Waals surface area contributed by atoms with Crippen LogP contribution in [0.4, 0.5) is 0 Å². The maximum absolute atomic E-state index is 9.47. The molecule has 0 atom stereocenters. The Labute approximate surface area is 400 Å². The molecule has 4 heteroatoms. The van der Waals surface area contributed by atoms with E-state index in [0.29, 0.717) is 23.0 Å². The van der Waals surface area contributed by atoms with Crippen LogP contribution in [0.5, 0.6) is 0 Å². The van der Waals surface area contributed by atoms with E-state index in [9.17, 15) is 5.26 Å². The SMILES string of the molecule is CC1(C)c2ccccc2-c2ccc(-c3nc(-c4ccccc4)nc(-c4cccc(-c5cc6c7ccccc7c(-c7ccc(-c8ccc(C#N)cc8)c8ccccc78)cc6c6ccccc56)c4)n3)cc21. The average Bonchev–Trinajstić information content (AvgIpc) is 3.65. The molecule has 0 amide bonds. The highest BCUT2D eigenvalue weighted by molar-refractivity contribution is 6.25. The van der Waals surface area contributed by atoms with Crippen LogP contribution in [0.15, 0.2) is 218 Å². The molecule has 13 rings (SSSR count). The largest absolute Gasteiger partial charge is 0.208 e. The fraction of sp³-hybridized carbons (Fsp3) is 0.0462. The van der Waals surface area contributed by atoms with Crippen molar-refractivity contribution < 1.29 is 0 Å². The predicted molar refractivity (Wildman–Crippen MR) is 285 cm³/mol. The van der Waals surface area contributed by atoms with Gasteiger partial charge in [0, 0.05) is 22.1 Å². The summed E-state index contributed by atoms with van der Waals surface area (Å²) in [6, 6.07) is 80.0. The molecule has 0 bridgehead atoms. The second-order valence-corrected chi connectivity index (χ2v) is 18.6. The first-order valence-electron chi connectivity index (χ1n) is 23.5. The molecule has 1 aliphatic carbocycles. The molecule has 1 heterocycles. The Morgan fingerprint density at radius 2 is 0.768 bits per heavy atom. The molecule has 0 N–H and O–H groups in total. The molecule has 1 aliphatic rings. The van der Waals surface area contributed by atoms with Gasteiger partial charge in [-0.15, -0.1) is 0 Å². The van der Waals surface area contributed by atoms with Crippen molar-refractivity contribution in [3.05, 3.63) is 235 Å². The summed E-state index contributed by atoms with van der Waals surface area (Å²) >= 11 is 0. The molecule has 0 fully saturated rings. The number of aromatic nitrogens is 3. The third-order valence-electron chi connectivity index (χ3n) is 14.4. The lowest BCUT2D eigenvalue weighted by molar-refractivity contribution is 0.660. The van der Waals surface area contributed by atoms with Crippen molar-refractivity contribution in [3.63, 3.8) is 0 Å². The van der Waals surface area contributed by atoms with Crippen molar-refractivity contribution in [2.24, 2.45) is 0 Å². The van der Waals surface area contributed by atoms with E-state index in [-0.39, 0.29) is 5.41 Å². The normalized spacial score (nSPS) is 12.6. The van der Waals surface area contributed by atoms with Gasteiger partial charge < -0.3 is 0 Å². The average molecular weight is 879 g/mol. The number of nitriles is 1. The van der Waals surface area contributed by atoms with Crippen molar-refractivity contribution >= 4 is 43.1 Å². The van der Waals surface area contributed by atoms with Gasteiger partial charge in [0.15, 0.2) is 17.5 Å². The first-order valence-corrected chi connectivity index (χ1v) is 23.5. The van der Waals surface area contributed by atoms with Crippen LogP contribution in [-0.2, 0) is 5.41 Å². The first-order chi connectivity index (χ1) is 33.9. The van der Waals surface area contributed by atoms with Crippen LogP contribution in [0, 0.1) is 11.3 Å². The third-order valence-corrected chi connectivity index (χ3v) is 14.4. The first kappa shape index (κ1) is 40.3.